The molecule has 4 aromatic rings. The molecule has 1 aromatic heterocycles. The summed E-state index contributed by atoms with van der Waals surface area (Å²) < 4.78 is 2.28. The van der Waals surface area contributed by atoms with Crippen LogP contribution in [0.4, 0.5) is 5.69 Å². The number of hydrogen-bond donors (Lipinski definition) is 1. The summed E-state index contributed by atoms with van der Waals surface area (Å²) in [4.78, 5) is 5.05. The predicted octanol–water partition coefficient (Wildman–Crippen LogP) is 5.49. The zero-order valence-corrected chi connectivity index (χ0v) is 14.8. The normalized spacial score (nSPS) is 10.8. The molecular weight excluding hydrogens is 318 g/mol. The summed E-state index contributed by atoms with van der Waals surface area (Å²) in [5, 5.41) is 0. The molecule has 0 unspecified atom stereocenters. The van der Waals surface area contributed by atoms with Crippen LogP contribution in [0.1, 0.15) is 6.92 Å². The van der Waals surface area contributed by atoms with Crippen molar-refractivity contribution < 1.29 is 0 Å². The summed E-state index contributed by atoms with van der Waals surface area (Å²) in [6.07, 6.45) is 0. The minimum Gasteiger partial charge on any atom is -0.399 e. The van der Waals surface area contributed by atoms with Crippen LogP contribution in [0.3, 0.4) is 0 Å². The van der Waals surface area contributed by atoms with E-state index in [9.17, 15) is 0 Å². The Balaban J connectivity index is 2.00. The molecule has 3 heteroatoms. The van der Waals surface area contributed by atoms with Gasteiger partial charge >= 0.3 is 0 Å². The fraction of sp³-hybridized carbons (Fsp3) is 0.0870. The van der Waals surface area contributed by atoms with Crippen molar-refractivity contribution in [3.05, 3.63) is 84.9 Å². The first-order valence-corrected chi connectivity index (χ1v) is 8.85. The Morgan fingerprint density at radius 3 is 1.88 bits per heavy atom. The Labute approximate surface area is 153 Å². The Bertz CT molecular complexity index is 1000. The van der Waals surface area contributed by atoms with Gasteiger partial charge in [-0.3, -0.25) is 0 Å². The topological polar surface area (TPSA) is 43.8 Å². The number of nitrogen functional groups attached to an aromatic ring is 1. The number of hydrogen-bond acceptors (Lipinski definition) is 2. The van der Waals surface area contributed by atoms with Gasteiger partial charge in [0.2, 0.25) is 0 Å². The molecule has 0 fully saturated rings. The third kappa shape index (κ3) is 2.88. The van der Waals surface area contributed by atoms with Crippen molar-refractivity contribution in [2.45, 2.75) is 13.5 Å². The fourth-order valence-corrected chi connectivity index (χ4v) is 3.30. The first-order valence-electron chi connectivity index (χ1n) is 8.85. The molecule has 128 valence electrons. The van der Waals surface area contributed by atoms with Gasteiger partial charge in [-0.05, 0) is 31.2 Å². The molecule has 0 aliphatic carbocycles. The van der Waals surface area contributed by atoms with Crippen LogP contribution in [0.25, 0.3) is 33.9 Å². The zero-order valence-electron chi connectivity index (χ0n) is 14.8. The summed E-state index contributed by atoms with van der Waals surface area (Å²) in [7, 11) is 0. The van der Waals surface area contributed by atoms with Gasteiger partial charge in [-0.2, -0.15) is 0 Å². The molecule has 0 saturated heterocycles. The van der Waals surface area contributed by atoms with Gasteiger partial charge in [-0.15, -0.1) is 0 Å². The highest BCUT2D eigenvalue weighted by molar-refractivity contribution is 5.82. The van der Waals surface area contributed by atoms with Crippen LogP contribution < -0.4 is 5.73 Å². The number of benzene rings is 3. The number of rotatable bonds is 4. The minimum absolute atomic E-state index is 0.759. The second kappa shape index (κ2) is 6.89. The molecule has 0 saturated carbocycles. The molecular formula is C23H21N3. The highest BCUT2D eigenvalue weighted by Gasteiger charge is 2.19. The highest BCUT2D eigenvalue weighted by atomic mass is 15.1. The van der Waals surface area contributed by atoms with E-state index < -0.39 is 0 Å². The Hall–Kier alpha value is -3.33. The maximum Gasteiger partial charge on any atom is 0.141 e. The van der Waals surface area contributed by atoms with E-state index in [1.807, 2.05) is 36.4 Å². The van der Waals surface area contributed by atoms with Crippen LogP contribution in [0.15, 0.2) is 84.9 Å². The molecule has 1 heterocycles. The van der Waals surface area contributed by atoms with Crippen molar-refractivity contribution in [2.24, 2.45) is 0 Å². The molecule has 3 nitrogen and oxygen atoms in total. The van der Waals surface area contributed by atoms with E-state index in [2.05, 4.69) is 60.0 Å². The molecule has 0 amide bonds. The number of nitrogens with zero attached hydrogens (tertiary/aromatic N) is 2. The third-order valence-corrected chi connectivity index (χ3v) is 4.55. The van der Waals surface area contributed by atoms with E-state index in [0.29, 0.717) is 0 Å². The lowest BCUT2D eigenvalue weighted by Crippen LogP contribution is -2.00. The lowest BCUT2D eigenvalue weighted by Gasteiger charge is -2.11. The van der Waals surface area contributed by atoms with Gasteiger partial charge in [0.05, 0.1) is 11.4 Å². The third-order valence-electron chi connectivity index (χ3n) is 4.55. The summed E-state index contributed by atoms with van der Waals surface area (Å²) in [6.45, 7) is 2.99. The van der Waals surface area contributed by atoms with E-state index in [-0.39, 0.29) is 0 Å². The summed E-state index contributed by atoms with van der Waals surface area (Å²) in [5.41, 5.74) is 12.1. The van der Waals surface area contributed by atoms with Crippen molar-refractivity contribution >= 4 is 5.69 Å². The second-order valence-corrected chi connectivity index (χ2v) is 6.23. The van der Waals surface area contributed by atoms with Gasteiger partial charge < -0.3 is 10.3 Å². The summed E-state index contributed by atoms with van der Waals surface area (Å²) in [6, 6.07) is 28.7. The maximum atomic E-state index is 5.87. The highest BCUT2D eigenvalue weighted by Crippen LogP contribution is 2.36. The van der Waals surface area contributed by atoms with E-state index in [4.69, 9.17) is 10.7 Å². The van der Waals surface area contributed by atoms with Gasteiger partial charge in [0.25, 0.3) is 0 Å². The molecule has 0 atom stereocenters. The summed E-state index contributed by atoms with van der Waals surface area (Å²) in [5.74, 6) is 0.963. The molecule has 2 N–H and O–H groups in total. The summed E-state index contributed by atoms with van der Waals surface area (Å²) >= 11 is 0. The predicted molar refractivity (Wildman–Crippen MR) is 109 cm³/mol. The number of imidazole rings is 1. The average Bonchev–Trinajstić information content (AvgIpc) is 3.09. The Morgan fingerprint density at radius 1 is 0.731 bits per heavy atom. The van der Waals surface area contributed by atoms with Gasteiger partial charge in [0, 0.05) is 28.9 Å². The number of nitrogens with two attached hydrogens (primary N) is 1. The average molecular weight is 339 g/mol. The number of aromatic nitrogens is 2. The fourth-order valence-electron chi connectivity index (χ4n) is 3.30. The van der Waals surface area contributed by atoms with E-state index in [0.717, 1.165) is 40.6 Å². The monoisotopic (exact) mass is 339 g/mol. The van der Waals surface area contributed by atoms with Gasteiger partial charge in [-0.25, -0.2) is 4.98 Å². The smallest absolute Gasteiger partial charge is 0.141 e. The standard InChI is InChI=1S/C23H21N3/c1-2-26-22(18-11-7-4-8-12-18)21(17-9-5-3-6-10-17)25-23(26)19-13-15-20(24)16-14-19/h3-16H,2,24H2,1H3. The van der Waals surface area contributed by atoms with Crippen molar-refractivity contribution in [1.82, 2.24) is 9.55 Å². The van der Waals surface area contributed by atoms with Crippen molar-refractivity contribution in [2.75, 3.05) is 5.73 Å². The number of anilines is 1. The van der Waals surface area contributed by atoms with Crippen LogP contribution in [0, 0.1) is 0 Å². The van der Waals surface area contributed by atoms with Crippen molar-refractivity contribution in [3.63, 3.8) is 0 Å². The lowest BCUT2D eigenvalue weighted by molar-refractivity contribution is 0.778. The van der Waals surface area contributed by atoms with Gasteiger partial charge in [-0.1, -0.05) is 60.7 Å². The molecule has 0 spiro atoms. The molecule has 4 rings (SSSR count). The quantitative estimate of drug-likeness (QED) is 0.500. The first kappa shape index (κ1) is 16.2. The van der Waals surface area contributed by atoms with Crippen LogP contribution in [0.5, 0.6) is 0 Å². The van der Waals surface area contributed by atoms with Crippen LogP contribution in [-0.2, 0) is 6.54 Å². The zero-order chi connectivity index (χ0) is 17.9. The van der Waals surface area contributed by atoms with Gasteiger partial charge in [0.1, 0.15) is 5.82 Å². The SMILES string of the molecule is CCn1c(-c2ccc(N)cc2)nc(-c2ccccc2)c1-c1ccccc1. The first-order chi connectivity index (χ1) is 12.8. The Kier molecular flexibility index (Phi) is 4.28. The molecule has 0 aliphatic rings. The molecule has 0 radical (unpaired) electrons. The maximum absolute atomic E-state index is 5.87. The molecule has 0 aliphatic heterocycles. The van der Waals surface area contributed by atoms with Crippen LogP contribution >= 0.6 is 0 Å². The van der Waals surface area contributed by atoms with Crippen molar-refractivity contribution in [3.8, 4) is 33.9 Å². The van der Waals surface area contributed by atoms with Crippen molar-refractivity contribution in [1.29, 1.82) is 0 Å². The second-order valence-electron chi connectivity index (χ2n) is 6.23. The Morgan fingerprint density at radius 2 is 1.31 bits per heavy atom. The van der Waals surface area contributed by atoms with E-state index in [1.54, 1.807) is 0 Å². The lowest BCUT2D eigenvalue weighted by atomic mass is 10.0. The van der Waals surface area contributed by atoms with Crippen LogP contribution in [-0.4, -0.2) is 9.55 Å². The van der Waals surface area contributed by atoms with E-state index in [1.165, 1.54) is 5.56 Å². The minimum atomic E-state index is 0.759. The van der Waals surface area contributed by atoms with E-state index >= 15 is 0 Å². The molecule has 26 heavy (non-hydrogen) atoms. The molecule has 3 aromatic carbocycles. The molecule has 0 bridgehead atoms. The largest absolute Gasteiger partial charge is 0.399 e. The van der Waals surface area contributed by atoms with Gasteiger partial charge in [0.15, 0.2) is 0 Å². The van der Waals surface area contributed by atoms with Crippen LogP contribution in [0.2, 0.25) is 0 Å².